The summed E-state index contributed by atoms with van der Waals surface area (Å²) in [6.45, 7) is 6.32. The van der Waals surface area contributed by atoms with Gasteiger partial charge in [-0.1, -0.05) is 0 Å². The lowest BCUT2D eigenvalue weighted by Crippen LogP contribution is -2.26. The van der Waals surface area contributed by atoms with Crippen LogP contribution in [-0.4, -0.2) is 31.8 Å². The molecule has 1 N–H and O–H groups in total. The van der Waals surface area contributed by atoms with Gasteiger partial charge in [0.05, 0.1) is 0 Å². The Hall–Kier alpha value is -2.63. The molecule has 6 nitrogen and oxygen atoms in total. The van der Waals surface area contributed by atoms with Crippen molar-refractivity contribution in [2.24, 2.45) is 0 Å². The maximum Gasteiger partial charge on any atom is 0.271 e. The molecule has 0 unspecified atom stereocenters. The Morgan fingerprint density at radius 1 is 1.26 bits per heavy atom. The van der Waals surface area contributed by atoms with Crippen LogP contribution < -0.4 is 5.32 Å². The van der Waals surface area contributed by atoms with Gasteiger partial charge in [-0.05, 0) is 44.0 Å². The van der Waals surface area contributed by atoms with Gasteiger partial charge in [-0.3, -0.25) is 9.48 Å². The Bertz CT molecular complexity index is 817. The van der Waals surface area contributed by atoms with E-state index in [4.69, 9.17) is 0 Å². The van der Waals surface area contributed by atoms with Crippen molar-refractivity contribution < 1.29 is 4.79 Å². The molecule has 23 heavy (non-hydrogen) atoms. The molecule has 0 saturated heterocycles. The van der Waals surface area contributed by atoms with Crippen molar-refractivity contribution in [2.45, 2.75) is 33.4 Å². The first kappa shape index (κ1) is 15.3. The third-order valence-corrected chi connectivity index (χ3v) is 3.93. The normalized spacial score (nSPS) is 11.0. The molecule has 0 aliphatic rings. The van der Waals surface area contributed by atoms with Crippen molar-refractivity contribution in [3.8, 4) is 0 Å². The number of hydrogen-bond acceptors (Lipinski definition) is 3. The number of aromatic nitrogens is 4. The molecule has 3 aromatic rings. The van der Waals surface area contributed by atoms with Crippen molar-refractivity contribution in [3.05, 3.63) is 48.0 Å². The van der Waals surface area contributed by atoms with Gasteiger partial charge in [-0.25, -0.2) is 4.98 Å². The fourth-order valence-electron chi connectivity index (χ4n) is 2.70. The summed E-state index contributed by atoms with van der Waals surface area (Å²) >= 11 is 0. The highest BCUT2D eigenvalue weighted by Gasteiger charge is 2.11. The molecule has 0 fully saturated rings. The monoisotopic (exact) mass is 311 g/mol. The van der Waals surface area contributed by atoms with E-state index in [0.29, 0.717) is 12.2 Å². The molecule has 0 atom stereocenters. The van der Waals surface area contributed by atoms with Crippen LogP contribution >= 0.6 is 0 Å². The number of carbonyl (C=O) groups excluding carboxylic acids is 1. The van der Waals surface area contributed by atoms with Crippen LogP contribution in [0.15, 0.2) is 36.8 Å². The summed E-state index contributed by atoms with van der Waals surface area (Å²) in [5.74, 6) is -0.130. The van der Waals surface area contributed by atoms with Crippen LogP contribution in [0.1, 0.15) is 29.9 Å². The molecule has 3 rings (SSSR count). The van der Waals surface area contributed by atoms with Crippen molar-refractivity contribution in [1.29, 1.82) is 0 Å². The molecular formula is C17H21N5O. The second kappa shape index (κ2) is 6.64. The maximum atomic E-state index is 12.1. The summed E-state index contributed by atoms with van der Waals surface area (Å²) in [6.07, 6.45) is 6.52. The van der Waals surface area contributed by atoms with E-state index in [0.717, 1.165) is 30.5 Å². The summed E-state index contributed by atoms with van der Waals surface area (Å²) < 4.78 is 3.88. The second-order valence-electron chi connectivity index (χ2n) is 5.38. The van der Waals surface area contributed by atoms with Crippen molar-refractivity contribution >= 4 is 16.9 Å². The molecule has 0 aromatic carbocycles. The van der Waals surface area contributed by atoms with Gasteiger partial charge in [0, 0.05) is 43.6 Å². The maximum absolute atomic E-state index is 12.1. The Balaban J connectivity index is 1.66. The van der Waals surface area contributed by atoms with Crippen molar-refractivity contribution in [2.75, 3.05) is 6.54 Å². The predicted octanol–water partition coefficient (Wildman–Crippen LogP) is 2.25. The third-order valence-electron chi connectivity index (χ3n) is 3.93. The van der Waals surface area contributed by atoms with Gasteiger partial charge in [0.25, 0.3) is 5.91 Å². The highest BCUT2D eigenvalue weighted by Crippen LogP contribution is 2.19. The lowest BCUT2D eigenvalue weighted by atomic mass is 10.1. The molecule has 0 aliphatic carbocycles. The van der Waals surface area contributed by atoms with Gasteiger partial charge in [0.15, 0.2) is 0 Å². The fourth-order valence-corrected chi connectivity index (χ4v) is 2.70. The Labute approximate surface area is 135 Å². The summed E-state index contributed by atoms with van der Waals surface area (Å²) in [5, 5.41) is 8.30. The number of aryl methyl sites for hydroxylation is 2. The van der Waals surface area contributed by atoms with Crippen molar-refractivity contribution in [1.82, 2.24) is 24.6 Å². The van der Waals surface area contributed by atoms with Crippen molar-refractivity contribution in [3.63, 3.8) is 0 Å². The van der Waals surface area contributed by atoms with Crippen LogP contribution in [0.2, 0.25) is 0 Å². The van der Waals surface area contributed by atoms with E-state index < -0.39 is 0 Å². The number of hydrogen-bond donors (Lipinski definition) is 1. The fraction of sp³-hybridized carbons (Fsp3) is 0.353. The van der Waals surface area contributed by atoms with E-state index in [2.05, 4.69) is 39.2 Å². The smallest absolute Gasteiger partial charge is 0.271 e. The topological polar surface area (TPSA) is 64.7 Å². The number of pyridine rings is 1. The number of nitrogens with one attached hydrogen (secondary N) is 1. The molecule has 1 amide bonds. The molecule has 0 radical (unpaired) electrons. The number of fused-ring (bicyclic) bond motifs is 1. The lowest BCUT2D eigenvalue weighted by molar-refractivity contribution is 0.0948. The zero-order valence-electron chi connectivity index (χ0n) is 13.5. The molecule has 0 spiro atoms. The van der Waals surface area contributed by atoms with E-state index in [1.54, 1.807) is 10.7 Å². The zero-order chi connectivity index (χ0) is 16.2. The van der Waals surface area contributed by atoms with Crippen LogP contribution in [0, 0.1) is 0 Å². The zero-order valence-corrected chi connectivity index (χ0v) is 13.5. The third kappa shape index (κ3) is 3.11. The predicted molar refractivity (Wildman–Crippen MR) is 89.3 cm³/mol. The molecule has 0 saturated carbocycles. The molecule has 6 heteroatoms. The number of nitrogens with zero attached hydrogens (tertiary/aromatic N) is 4. The van der Waals surface area contributed by atoms with Crippen LogP contribution in [-0.2, 0) is 19.5 Å². The molecule has 0 bridgehead atoms. The quantitative estimate of drug-likeness (QED) is 0.759. The lowest BCUT2D eigenvalue weighted by Gasteiger charge is -2.02. The second-order valence-corrected chi connectivity index (χ2v) is 5.38. The first-order chi connectivity index (χ1) is 11.2. The Morgan fingerprint density at radius 2 is 2.13 bits per heavy atom. The average molecular weight is 311 g/mol. The minimum atomic E-state index is -0.130. The molecule has 0 aliphatic heterocycles. The van der Waals surface area contributed by atoms with Crippen LogP contribution in [0.3, 0.4) is 0 Å². The number of carbonyl (C=O) groups is 1. The highest BCUT2D eigenvalue weighted by molar-refractivity contribution is 5.92. The van der Waals surface area contributed by atoms with Gasteiger partial charge in [-0.2, -0.15) is 5.10 Å². The Morgan fingerprint density at radius 3 is 2.87 bits per heavy atom. The largest absolute Gasteiger partial charge is 0.350 e. The van der Waals surface area contributed by atoms with Crippen LogP contribution in [0.4, 0.5) is 0 Å². The van der Waals surface area contributed by atoms with Crippen LogP contribution in [0.25, 0.3) is 11.0 Å². The van der Waals surface area contributed by atoms with E-state index in [9.17, 15) is 4.79 Å². The highest BCUT2D eigenvalue weighted by atomic mass is 16.1. The first-order valence-corrected chi connectivity index (χ1v) is 7.97. The summed E-state index contributed by atoms with van der Waals surface area (Å²) in [4.78, 5) is 16.5. The van der Waals surface area contributed by atoms with E-state index >= 15 is 0 Å². The van der Waals surface area contributed by atoms with E-state index in [1.165, 1.54) is 5.56 Å². The van der Waals surface area contributed by atoms with Gasteiger partial charge >= 0.3 is 0 Å². The number of rotatable bonds is 6. The van der Waals surface area contributed by atoms with Gasteiger partial charge < -0.3 is 9.88 Å². The molecule has 3 heterocycles. The summed E-state index contributed by atoms with van der Waals surface area (Å²) in [5.41, 5.74) is 2.66. The van der Waals surface area contributed by atoms with Gasteiger partial charge in [0.2, 0.25) is 0 Å². The molecule has 3 aromatic heterocycles. The van der Waals surface area contributed by atoms with Gasteiger partial charge in [0.1, 0.15) is 11.3 Å². The SMILES string of the molecule is CCn1ccc(C(=O)NCCc2cn(CC)c3ncccc23)n1. The first-order valence-electron chi connectivity index (χ1n) is 7.97. The van der Waals surface area contributed by atoms with E-state index in [-0.39, 0.29) is 5.91 Å². The van der Waals surface area contributed by atoms with E-state index in [1.807, 2.05) is 25.4 Å². The minimum absolute atomic E-state index is 0.130. The molecular weight excluding hydrogens is 290 g/mol. The molecule has 120 valence electrons. The minimum Gasteiger partial charge on any atom is -0.350 e. The number of amides is 1. The average Bonchev–Trinajstić information content (AvgIpc) is 3.19. The summed E-state index contributed by atoms with van der Waals surface area (Å²) in [7, 11) is 0. The summed E-state index contributed by atoms with van der Waals surface area (Å²) in [6, 6.07) is 5.77. The standard InChI is InChI=1S/C17H21N5O/c1-3-21-12-13(14-6-5-9-18-16(14)21)7-10-19-17(23)15-8-11-22(4-2)20-15/h5-6,8-9,11-12H,3-4,7,10H2,1-2H3,(H,19,23). The van der Waals surface area contributed by atoms with Gasteiger partial charge in [-0.15, -0.1) is 0 Å². The Kier molecular flexibility index (Phi) is 4.41. The van der Waals surface area contributed by atoms with Crippen LogP contribution in [0.5, 0.6) is 0 Å².